The topological polar surface area (TPSA) is 99.6 Å². The lowest BCUT2D eigenvalue weighted by Gasteiger charge is -2.18. The van der Waals surface area contributed by atoms with Gasteiger partial charge in [-0.2, -0.15) is 0 Å². The smallest absolute Gasteiger partial charge is 0.323 e. The summed E-state index contributed by atoms with van der Waals surface area (Å²) in [5.41, 5.74) is 6.93. The fourth-order valence-electron chi connectivity index (χ4n) is 1.98. The highest BCUT2D eigenvalue weighted by atomic mass is 16.6. The molecule has 0 atom stereocenters. The molecule has 0 saturated carbocycles. The number of fused-ring (bicyclic) bond motifs is 2. The van der Waals surface area contributed by atoms with Gasteiger partial charge in [-0.25, -0.2) is 4.98 Å². The Balaban J connectivity index is 2.18. The summed E-state index contributed by atoms with van der Waals surface area (Å²) in [6.07, 6.45) is 0. The van der Waals surface area contributed by atoms with E-state index in [2.05, 4.69) is 4.98 Å². The predicted octanol–water partition coefficient (Wildman–Crippen LogP) is 0.474. The zero-order valence-electron chi connectivity index (χ0n) is 9.42. The Hall–Kier alpha value is -2.44. The molecule has 0 unspecified atom stereocenters. The van der Waals surface area contributed by atoms with Crippen LogP contribution in [-0.2, 0) is 11.3 Å². The molecular formula is C11H11N3O4. The molecule has 0 saturated heterocycles. The number of nitrogens with two attached hydrogens (primary N) is 1. The van der Waals surface area contributed by atoms with Crippen molar-refractivity contribution >= 4 is 23.0 Å². The van der Waals surface area contributed by atoms with Crippen molar-refractivity contribution < 1.29 is 19.4 Å². The molecule has 1 aliphatic rings. The molecule has 7 nitrogen and oxygen atoms in total. The molecule has 2 heterocycles. The first kappa shape index (κ1) is 10.7. The van der Waals surface area contributed by atoms with Crippen molar-refractivity contribution in [3.8, 4) is 11.5 Å². The molecular weight excluding hydrogens is 238 g/mol. The van der Waals surface area contributed by atoms with Crippen LogP contribution >= 0.6 is 0 Å². The molecule has 0 aliphatic carbocycles. The van der Waals surface area contributed by atoms with Gasteiger partial charge < -0.3 is 20.3 Å². The van der Waals surface area contributed by atoms with E-state index >= 15 is 0 Å². The number of carbonyl (C=O) groups is 1. The van der Waals surface area contributed by atoms with Crippen molar-refractivity contribution in [1.82, 2.24) is 9.55 Å². The Morgan fingerprint density at radius 1 is 1.39 bits per heavy atom. The largest absolute Gasteiger partial charge is 0.486 e. The van der Waals surface area contributed by atoms with Crippen LogP contribution < -0.4 is 15.2 Å². The van der Waals surface area contributed by atoms with E-state index in [0.717, 1.165) is 0 Å². The number of rotatable bonds is 2. The van der Waals surface area contributed by atoms with Gasteiger partial charge in [0, 0.05) is 12.1 Å². The van der Waals surface area contributed by atoms with Gasteiger partial charge in [-0.1, -0.05) is 0 Å². The van der Waals surface area contributed by atoms with Crippen molar-refractivity contribution in [2.24, 2.45) is 0 Å². The van der Waals surface area contributed by atoms with Crippen molar-refractivity contribution in [2.45, 2.75) is 6.54 Å². The van der Waals surface area contributed by atoms with E-state index in [9.17, 15) is 4.79 Å². The molecule has 7 heteroatoms. The van der Waals surface area contributed by atoms with Crippen LogP contribution in [-0.4, -0.2) is 33.8 Å². The summed E-state index contributed by atoms with van der Waals surface area (Å²) >= 11 is 0. The van der Waals surface area contributed by atoms with E-state index in [4.69, 9.17) is 20.3 Å². The molecule has 1 aliphatic heterocycles. The van der Waals surface area contributed by atoms with Crippen LogP contribution in [0.4, 0.5) is 5.95 Å². The van der Waals surface area contributed by atoms with Gasteiger partial charge in [0.1, 0.15) is 19.8 Å². The maximum Gasteiger partial charge on any atom is 0.323 e. The zero-order valence-corrected chi connectivity index (χ0v) is 9.42. The average molecular weight is 249 g/mol. The molecule has 1 aromatic carbocycles. The summed E-state index contributed by atoms with van der Waals surface area (Å²) in [6, 6.07) is 3.41. The molecule has 2 aromatic rings. The van der Waals surface area contributed by atoms with E-state index in [1.165, 1.54) is 4.57 Å². The highest BCUT2D eigenvalue weighted by Gasteiger charge is 2.18. The Bertz CT molecular complexity index is 635. The monoisotopic (exact) mass is 249 g/mol. The predicted molar refractivity (Wildman–Crippen MR) is 62.8 cm³/mol. The lowest BCUT2D eigenvalue weighted by molar-refractivity contribution is -0.137. The average Bonchev–Trinajstić information content (AvgIpc) is 2.62. The van der Waals surface area contributed by atoms with Gasteiger partial charge >= 0.3 is 5.97 Å². The fourth-order valence-corrected chi connectivity index (χ4v) is 1.98. The molecule has 18 heavy (non-hydrogen) atoms. The number of aliphatic carboxylic acids is 1. The van der Waals surface area contributed by atoms with Gasteiger partial charge in [0.05, 0.1) is 11.0 Å². The fraction of sp³-hybridized carbons (Fsp3) is 0.273. The number of nitrogen functional groups attached to an aromatic ring is 1. The minimum atomic E-state index is -0.976. The molecule has 94 valence electrons. The Labute approximate surface area is 102 Å². The lowest BCUT2D eigenvalue weighted by Crippen LogP contribution is -2.15. The summed E-state index contributed by atoms with van der Waals surface area (Å²) in [4.78, 5) is 14.9. The quantitative estimate of drug-likeness (QED) is 0.802. The number of anilines is 1. The number of nitrogens with zero attached hydrogens (tertiary/aromatic N) is 2. The molecule has 1 aromatic heterocycles. The summed E-state index contributed by atoms with van der Waals surface area (Å²) in [7, 11) is 0. The molecule has 0 amide bonds. The molecule has 0 radical (unpaired) electrons. The Morgan fingerprint density at radius 2 is 2.06 bits per heavy atom. The molecule has 3 rings (SSSR count). The number of carboxylic acid groups (broad SMARTS) is 1. The van der Waals surface area contributed by atoms with Gasteiger partial charge in [0.25, 0.3) is 0 Å². The normalized spacial score (nSPS) is 13.8. The van der Waals surface area contributed by atoms with Crippen molar-refractivity contribution in [2.75, 3.05) is 18.9 Å². The zero-order chi connectivity index (χ0) is 12.7. The highest BCUT2D eigenvalue weighted by Crippen LogP contribution is 2.35. The van der Waals surface area contributed by atoms with Gasteiger partial charge in [0.15, 0.2) is 11.5 Å². The van der Waals surface area contributed by atoms with E-state index in [1.807, 2.05) is 0 Å². The minimum Gasteiger partial charge on any atom is -0.486 e. The summed E-state index contributed by atoms with van der Waals surface area (Å²) in [6.45, 7) is 0.729. The maximum absolute atomic E-state index is 10.8. The second kappa shape index (κ2) is 3.80. The summed E-state index contributed by atoms with van der Waals surface area (Å²) < 4.78 is 12.3. The molecule has 0 fully saturated rings. The van der Waals surface area contributed by atoms with Gasteiger partial charge in [-0.05, 0) is 0 Å². The SMILES string of the molecule is Nc1nc2cc3c(cc2n1CC(=O)O)OCCO3. The van der Waals surface area contributed by atoms with Gasteiger partial charge in [-0.3, -0.25) is 9.36 Å². The number of carboxylic acids is 1. The van der Waals surface area contributed by atoms with Crippen LogP contribution in [0.15, 0.2) is 12.1 Å². The molecule has 3 N–H and O–H groups in total. The first-order chi connectivity index (χ1) is 8.65. The summed E-state index contributed by atoms with van der Waals surface area (Å²) in [5, 5.41) is 8.85. The standard InChI is InChI=1S/C11H11N3O4/c12-11-13-6-3-8-9(18-2-1-17-8)4-7(6)14(11)5-10(15)16/h3-4H,1-2,5H2,(H2,12,13)(H,15,16). The van der Waals surface area contributed by atoms with Crippen LogP contribution in [0.3, 0.4) is 0 Å². The van der Waals surface area contributed by atoms with Crippen LogP contribution in [0.1, 0.15) is 0 Å². The third-order valence-corrected chi connectivity index (χ3v) is 2.74. The van der Waals surface area contributed by atoms with Gasteiger partial charge in [-0.15, -0.1) is 0 Å². The Morgan fingerprint density at radius 3 is 2.72 bits per heavy atom. The number of hydrogen-bond donors (Lipinski definition) is 2. The number of benzene rings is 1. The van der Waals surface area contributed by atoms with Crippen LogP contribution in [0, 0.1) is 0 Å². The van der Waals surface area contributed by atoms with Crippen LogP contribution in [0.2, 0.25) is 0 Å². The first-order valence-electron chi connectivity index (χ1n) is 5.42. The number of ether oxygens (including phenoxy) is 2. The summed E-state index contributed by atoms with van der Waals surface area (Å²) in [5.74, 6) is 0.375. The van der Waals surface area contributed by atoms with E-state index < -0.39 is 5.97 Å². The third kappa shape index (κ3) is 1.60. The van der Waals surface area contributed by atoms with Crippen molar-refractivity contribution in [1.29, 1.82) is 0 Å². The minimum absolute atomic E-state index is 0.162. The Kier molecular flexibility index (Phi) is 2.26. The van der Waals surface area contributed by atoms with E-state index in [-0.39, 0.29) is 12.5 Å². The third-order valence-electron chi connectivity index (χ3n) is 2.74. The van der Waals surface area contributed by atoms with E-state index in [1.54, 1.807) is 12.1 Å². The maximum atomic E-state index is 10.8. The van der Waals surface area contributed by atoms with Crippen LogP contribution in [0.5, 0.6) is 11.5 Å². The second-order valence-corrected chi connectivity index (χ2v) is 3.93. The number of aromatic nitrogens is 2. The second-order valence-electron chi connectivity index (χ2n) is 3.93. The van der Waals surface area contributed by atoms with Crippen molar-refractivity contribution in [3.63, 3.8) is 0 Å². The highest BCUT2D eigenvalue weighted by molar-refractivity contribution is 5.84. The van der Waals surface area contributed by atoms with E-state index in [0.29, 0.717) is 35.7 Å². The molecule has 0 spiro atoms. The lowest BCUT2D eigenvalue weighted by atomic mass is 10.2. The number of imidazole rings is 1. The van der Waals surface area contributed by atoms with Crippen LogP contribution in [0.25, 0.3) is 11.0 Å². The number of hydrogen-bond acceptors (Lipinski definition) is 5. The first-order valence-corrected chi connectivity index (χ1v) is 5.42. The van der Waals surface area contributed by atoms with Crippen molar-refractivity contribution in [3.05, 3.63) is 12.1 Å². The van der Waals surface area contributed by atoms with Gasteiger partial charge in [0.2, 0.25) is 5.95 Å². The molecule has 0 bridgehead atoms.